The molecule has 0 aliphatic rings. The fourth-order valence-corrected chi connectivity index (χ4v) is 1.00. The van der Waals surface area contributed by atoms with E-state index in [2.05, 4.69) is 19.1 Å². The molecule has 60 valence electrons. The molecule has 1 heterocycles. The Balaban J connectivity index is 3.02. The molecular formula is C9H14NO+. The van der Waals surface area contributed by atoms with Crippen molar-refractivity contribution in [2.45, 2.75) is 20.3 Å². The predicted octanol–water partition coefficient (Wildman–Crippen LogP) is 0.903. The highest BCUT2D eigenvalue weighted by molar-refractivity contribution is 5.07. The molecule has 1 rings (SSSR count). The van der Waals surface area contributed by atoms with Gasteiger partial charge in [0.1, 0.15) is 7.11 Å². The smallest absolute Gasteiger partial charge is 0.231 e. The van der Waals surface area contributed by atoms with Gasteiger partial charge in [0.25, 0.3) is 0 Å². The summed E-state index contributed by atoms with van der Waals surface area (Å²) in [4.78, 5) is 5.10. The van der Waals surface area contributed by atoms with Crippen LogP contribution in [0.4, 0.5) is 0 Å². The molecule has 2 nitrogen and oxygen atoms in total. The van der Waals surface area contributed by atoms with Crippen LogP contribution in [-0.2, 0) is 6.42 Å². The molecule has 1 aromatic rings. The van der Waals surface area contributed by atoms with Crippen LogP contribution in [-0.4, -0.2) is 7.11 Å². The van der Waals surface area contributed by atoms with Crippen LogP contribution in [0, 0.1) is 6.92 Å². The fraction of sp³-hybridized carbons (Fsp3) is 0.444. The highest BCUT2D eigenvalue weighted by Crippen LogP contribution is 1.96. The van der Waals surface area contributed by atoms with E-state index in [1.165, 1.54) is 5.56 Å². The van der Waals surface area contributed by atoms with Crippen LogP contribution in [0.2, 0.25) is 0 Å². The maximum atomic E-state index is 5.10. The first-order valence-electron chi connectivity index (χ1n) is 3.83. The SMILES string of the molecule is CCc1ccc(C)[n+](OC)c1. The largest absolute Gasteiger partial charge is 0.274 e. The number of nitrogens with zero attached hydrogens (tertiary/aromatic N) is 1. The quantitative estimate of drug-likeness (QED) is 0.574. The molecule has 1 aromatic heterocycles. The van der Waals surface area contributed by atoms with Gasteiger partial charge in [-0.05, 0) is 12.5 Å². The Morgan fingerprint density at radius 1 is 1.45 bits per heavy atom. The average Bonchev–Trinajstić information content (AvgIpc) is 2.05. The van der Waals surface area contributed by atoms with Crippen molar-refractivity contribution in [2.75, 3.05) is 7.11 Å². The number of hydrogen-bond acceptors (Lipinski definition) is 1. The van der Waals surface area contributed by atoms with Crippen molar-refractivity contribution in [3.63, 3.8) is 0 Å². The summed E-state index contributed by atoms with van der Waals surface area (Å²) in [5, 5.41) is 0. The molecule has 0 N–H and O–H groups in total. The first-order chi connectivity index (χ1) is 5.27. The van der Waals surface area contributed by atoms with E-state index in [0.29, 0.717) is 0 Å². The van der Waals surface area contributed by atoms with Crippen molar-refractivity contribution in [3.05, 3.63) is 29.6 Å². The summed E-state index contributed by atoms with van der Waals surface area (Å²) < 4.78 is 1.78. The van der Waals surface area contributed by atoms with E-state index < -0.39 is 0 Å². The third-order valence-electron chi connectivity index (χ3n) is 1.77. The lowest BCUT2D eigenvalue weighted by molar-refractivity contribution is -0.889. The maximum Gasteiger partial charge on any atom is 0.231 e. The van der Waals surface area contributed by atoms with Crippen LogP contribution in [0.15, 0.2) is 18.3 Å². The second-order valence-electron chi connectivity index (χ2n) is 2.54. The van der Waals surface area contributed by atoms with E-state index in [-0.39, 0.29) is 0 Å². The lowest BCUT2D eigenvalue weighted by Gasteiger charge is -1.96. The Hall–Kier alpha value is -1.05. The summed E-state index contributed by atoms with van der Waals surface area (Å²) in [6.45, 7) is 4.15. The zero-order valence-electron chi connectivity index (χ0n) is 7.29. The lowest BCUT2D eigenvalue weighted by Crippen LogP contribution is -2.43. The van der Waals surface area contributed by atoms with Crippen molar-refractivity contribution >= 4 is 0 Å². The second kappa shape index (κ2) is 3.37. The number of rotatable bonds is 2. The van der Waals surface area contributed by atoms with Gasteiger partial charge in [0.15, 0.2) is 0 Å². The highest BCUT2D eigenvalue weighted by atomic mass is 16.6. The monoisotopic (exact) mass is 152 g/mol. The number of aryl methyl sites for hydroxylation is 2. The Morgan fingerprint density at radius 2 is 2.18 bits per heavy atom. The fourth-order valence-electron chi connectivity index (χ4n) is 1.00. The highest BCUT2D eigenvalue weighted by Gasteiger charge is 2.05. The van der Waals surface area contributed by atoms with Crippen LogP contribution in [0.25, 0.3) is 0 Å². The minimum absolute atomic E-state index is 1.05. The summed E-state index contributed by atoms with van der Waals surface area (Å²) in [5.74, 6) is 0. The minimum Gasteiger partial charge on any atom is -0.274 e. The van der Waals surface area contributed by atoms with E-state index in [1.807, 2.05) is 13.1 Å². The van der Waals surface area contributed by atoms with Gasteiger partial charge < -0.3 is 0 Å². The normalized spacial score (nSPS) is 9.73. The summed E-state index contributed by atoms with van der Waals surface area (Å²) >= 11 is 0. The maximum absolute atomic E-state index is 5.10. The number of hydrogen-bond donors (Lipinski definition) is 0. The number of pyridine rings is 1. The molecule has 11 heavy (non-hydrogen) atoms. The molecule has 0 fully saturated rings. The first kappa shape index (κ1) is 8.05. The molecule has 2 heteroatoms. The van der Waals surface area contributed by atoms with Crippen molar-refractivity contribution in [3.8, 4) is 0 Å². The molecule has 0 aliphatic heterocycles. The summed E-state index contributed by atoms with van der Waals surface area (Å²) in [6, 6.07) is 4.17. The molecule has 0 atom stereocenters. The predicted molar refractivity (Wildman–Crippen MR) is 43.3 cm³/mol. The van der Waals surface area contributed by atoms with E-state index in [1.54, 1.807) is 11.8 Å². The van der Waals surface area contributed by atoms with E-state index >= 15 is 0 Å². The van der Waals surface area contributed by atoms with E-state index in [0.717, 1.165) is 12.1 Å². The van der Waals surface area contributed by atoms with Crippen LogP contribution >= 0.6 is 0 Å². The van der Waals surface area contributed by atoms with Gasteiger partial charge in [-0.3, -0.25) is 4.84 Å². The van der Waals surface area contributed by atoms with Gasteiger partial charge in [0.05, 0.1) is 0 Å². The van der Waals surface area contributed by atoms with Gasteiger partial charge in [0, 0.05) is 23.3 Å². The Kier molecular flexibility index (Phi) is 2.47. The Bertz CT molecular complexity index is 245. The summed E-state index contributed by atoms with van der Waals surface area (Å²) in [6.07, 6.45) is 3.05. The van der Waals surface area contributed by atoms with Gasteiger partial charge in [0.2, 0.25) is 11.9 Å². The van der Waals surface area contributed by atoms with Crippen LogP contribution in [0.3, 0.4) is 0 Å². The van der Waals surface area contributed by atoms with Gasteiger partial charge in [-0.15, -0.1) is 0 Å². The molecule has 0 aliphatic carbocycles. The first-order valence-corrected chi connectivity index (χ1v) is 3.83. The standard InChI is InChI=1S/C9H14NO/c1-4-9-6-5-8(2)10(7-9)11-3/h5-7H,4H2,1-3H3/q+1. The van der Waals surface area contributed by atoms with E-state index in [4.69, 9.17) is 4.84 Å². The molecule has 0 saturated heterocycles. The molecule has 0 unspecified atom stereocenters. The van der Waals surface area contributed by atoms with Crippen LogP contribution in [0.1, 0.15) is 18.2 Å². The zero-order chi connectivity index (χ0) is 8.27. The van der Waals surface area contributed by atoms with Gasteiger partial charge >= 0.3 is 0 Å². The average molecular weight is 152 g/mol. The molecule has 0 spiro atoms. The lowest BCUT2D eigenvalue weighted by atomic mass is 10.2. The van der Waals surface area contributed by atoms with Crippen molar-refractivity contribution in [2.24, 2.45) is 0 Å². The summed E-state index contributed by atoms with van der Waals surface area (Å²) in [5.41, 5.74) is 2.40. The number of aromatic nitrogens is 1. The van der Waals surface area contributed by atoms with Gasteiger partial charge in [-0.1, -0.05) is 6.92 Å². The van der Waals surface area contributed by atoms with Gasteiger partial charge in [-0.25, -0.2) is 0 Å². The van der Waals surface area contributed by atoms with E-state index in [9.17, 15) is 0 Å². The van der Waals surface area contributed by atoms with Crippen LogP contribution in [0.5, 0.6) is 0 Å². The van der Waals surface area contributed by atoms with Gasteiger partial charge in [-0.2, -0.15) is 0 Å². The molecule has 0 aromatic carbocycles. The Labute approximate surface area is 67.4 Å². The third kappa shape index (κ3) is 1.70. The van der Waals surface area contributed by atoms with Crippen molar-refractivity contribution < 1.29 is 9.57 Å². The zero-order valence-corrected chi connectivity index (χ0v) is 7.29. The summed E-state index contributed by atoms with van der Waals surface area (Å²) in [7, 11) is 1.67. The molecule has 0 amide bonds. The second-order valence-corrected chi connectivity index (χ2v) is 2.54. The van der Waals surface area contributed by atoms with Crippen molar-refractivity contribution in [1.82, 2.24) is 0 Å². The molecule has 0 radical (unpaired) electrons. The molecule has 0 saturated carbocycles. The van der Waals surface area contributed by atoms with Crippen LogP contribution < -0.4 is 9.57 Å². The molecule has 0 bridgehead atoms. The minimum atomic E-state index is 1.05. The third-order valence-corrected chi connectivity index (χ3v) is 1.77. The Morgan fingerprint density at radius 3 is 2.73 bits per heavy atom. The topological polar surface area (TPSA) is 13.1 Å². The van der Waals surface area contributed by atoms with Crippen molar-refractivity contribution in [1.29, 1.82) is 0 Å². The molecular weight excluding hydrogens is 138 g/mol.